The van der Waals surface area contributed by atoms with Gasteiger partial charge in [-0.15, -0.1) is 0 Å². The van der Waals surface area contributed by atoms with Gasteiger partial charge in [-0.05, 0) is 86.1 Å². The van der Waals surface area contributed by atoms with Gasteiger partial charge in [0.25, 0.3) is 0 Å². The van der Waals surface area contributed by atoms with Crippen molar-refractivity contribution >= 4 is 48.3 Å². The van der Waals surface area contributed by atoms with E-state index in [1.807, 2.05) is 87.4 Å². The monoisotopic (exact) mass is 1180 g/mol. The molecule has 0 unspecified atom stereocenters. The van der Waals surface area contributed by atoms with Gasteiger partial charge in [0.2, 0.25) is 0 Å². The summed E-state index contributed by atoms with van der Waals surface area (Å²) in [7, 11) is -13.6. The summed E-state index contributed by atoms with van der Waals surface area (Å²) >= 11 is 0. The molecule has 3 aromatic rings. The van der Waals surface area contributed by atoms with E-state index in [0.717, 1.165) is 16.9 Å². The molecular weight excluding hydrogens is 1120 g/mol. The van der Waals surface area contributed by atoms with Crippen LogP contribution in [0.3, 0.4) is 0 Å². The van der Waals surface area contributed by atoms with Gasteiger partial charge in [-0.3, -0.25) is 13.7 Å². The van der Waals surface area contributed by atoms with Crippen LogP contribution >= 0.6 is 0 Å². The van der Waals surface area contributed by atoms with E-state index in [9.17, 15) is 64.1 Å². The summed E-state index contributed by atoms with van der Waals surface area (Å²) in [5, 5.41) is 18.8. The summed E-state index contributed by atoms with van der Waals surface area (Å²) in [5.41, 5.74) is -14.5. The molecule has 0 aliphatic heterocycles. The van der Waals surface area contributed by atoms with Crippen LogP contribution in [0, 0.1) is 24.2 Å². The normalized spacial score (nSPS) is 11.6. The second-order valence-corrected chi connectivity index (χ2v) is 20.2. The van der Waals surface area contributed by atoms with E-state index in [4.69, 9.17) is 43.3 Å². The number of benzene rings is 2. The zero-order valence-corrected chi connectivity index (χ0v) is 45.2. The van der Waals surface area contributed by atoms with Gasteiger partial charge in [-0.25, -0.2) is 14.4 Å². The summed E-state index contributed by atoms with van der Waals surface area (Å²) in [4.78, 5) is 33.3. The summed E-state index contributed by atoms with van der Waals surface area (Å²) in [6, 6.07) is 13.5. The van der Waals surface area contributed by atoms with E-state index in [2.05, 4.69) is 26.1 Å². The maximum atomic E-state index is 11.5. The molecule has 0 saturated heterocycles. The van der Waals surface area contributed by atoms with Gasteiger partial charge in [-0.2, -0.15) is 64.8 Å². The Kier molecular flexibility index (Phi) is 32.4. The molecule has 0 amide bonds. The van der Waals surface area contributed by atoms with Crippen LogP contribution in [0.5, 0.6) is 11.5 Å². The topological polar surface area (TPSA) is 296 Å². The summed E-state index contributed by atoms with van der Waals surface area (Å²) in [5.74, 6) is 4.69. The predicted octanol–water partition coefficient (Wildman–Crippen LogP) is 8.93. The number of furan rings is 1. The minimum absolute atomic E-state index is 0. The molecule has 2 aromatic carbocycles. The van der Waals surface area contributed by atoms with Crippen molar-refractivity contribution in [3.63, 3.8) is 0 Å². The molecule has 31 heteroatoms. The van der Waals surface area contributed by atoms with Gasteiger partial charge in [0, 0.05) is 44.0 Å². The number of ether oxygens (including phenoxy) is 3. The number of carbonyl (C=O) groups is 3. The molecule has 1 heterocycles. The molecule has 0 fully saturated rings. The molecular formula is C40H53F9O18S3Y. The molecule has 5 N–H and O–H groups in total. The number of hydrogen-bond acceptors (Lipinski definition) is 15. The van der Waals surface area contributed by atoms with Gasteiger partial charge in [0.1, 0.15) is 22.8 Å². The fourth-order valence-corrected chi connectivity index (χ4v) is 3.39. The number of methoxy groups -OCH3 is 3. The van der Waals surface area contributed by atoms with Crippen LogP contribution in [0.25, 0.3) is 0 Å². The van der Waals surface area contributed by atoms with Crippen molar-refractivity contribution < 1.29 is 154 Å². The first-order chi connectivity index (χ1) is 30.8. The molecule has 0 saturated carbocycles. The van der Waals surface area contributed by atoms with Crippen LogP contribution in [0.15, 0.2) is 59.2 Å². The van der Waals surface area contributed by atoms with Gasteiger partial charge < -0.3 is 28.8 Å². The van der Waals surface area contributed by atoms with E-state index in [1.165, 1.54) is 33.5 Å². The molecule has 0 bridgehead atoms. The number of hydrogen-bond donors (Lipinski definition) is 5. The van der Waals surface area contributed by atoms with E-state index in [-0.39, 0.29) is 66.0 Å². The number of alkyl halides is 9. The van der Waals surface area contributed by atoms with Crippen LogP contribution in [0.2, 0.25) is 0 Å². The van der Waals surface area contributed by atoms with Crippen molar-refractivity contribution in [1.82, 2.24) is 0 Å². The first kappa shape index (κ1) is 75.4. The Bertz CT molecular complexity index is 2430. The minimum Gasteiger partial charge on any atom is -0.508 e. The Hall–Kier alpha value is -4.51. The van der Waals surface area contributed by atoms with Gasteiger partial charge >= 0.3 is 64.8 Å². The fourth-order valence-electron chi connectivity index (χ4n) is 3.39. The van der Waals surface area contributed by atoms with Crippen LogP contribution in [-0.2, 0) is 92.9 Å². The van der Waals surface area contributed by atoms with E-state index in [1.54, 1.807) is 24.5 Å². The van der Waals surface area contributed by atoms with Crippen LogP contribution in [0.4, 0.5) is 39.5 Å². The number of halogens is 9. The van der Waals surface area contributed by atoms with E-state index >= 15 is 0 Å². The number of carbonyl (C=O) groups excluding carboxylic acids is 3. The average molecular weight is 1180 g/mol. The number of aryl methyl sites for hydroxylation is 1. The molecule has 1 radical (unpaired) electrons. The van der Waals surface area contributed by atoms with Crippen LogP contribution in [0.1, 0.15) is 99.9 Å². The third-order valence-corrected chi connectivity index (χ3v) is 8.51. The van der Waals surface area contributed by atoms with Crippen molar-refractivity contribution in [3.05, 3.63) is 82.8 Å². The first-order valence-corrected chi connectivity index (χ1v) is 22.7. The molecule has 0 aliphatic rings. The van der Waals surface area contributed by atoms with Gasteiger partial charge in [0.05, 0.1) is 33.2 Å². The Morgan fingerprint density at radius 2 is 0.958 bits per heavy atom. The first-order valence-electron chi connectivity index (χ1n) is 18.4. The predicted molar refractivity (Wildman–Crippen MR) is 232 cm³/mol. The Labute approximate surface area is 429 Å². The Morgan fingerprint density at radius 3 is 1.21 bits per heavy atom. The third kappa shape index (κ3) is 34.5. The maximum Gasteiger partial charge on any atom is 0.522 e. The number of rotatable bonds is 2. The molecule has 1 aromatic heterocycles. The van der Waals surface area contributed by atoms with Crippen molar-refractivity contribution in [1.29, 1.82) is 0 Å². The second kappa shape index (κ2) is 30.5. The standard InChI is InChI=1S/2C12H16O3.C8H12O2.C5H6O.3CHF3O3S.Y/c1-12(2,3)10-6-5-8(13)7-9(10)11(14)15-4;1-12(2,3)8-5-6-10(13)9(7-8)11(14)15-4;1-8(2,3)6-5-7(9)10-4;1-5-3-2-4-6-5;3*2-1(3,4)8(5,6)7;/h2*5-7,13H,1-4H3;1-4H3;2-4H,1H3;3*(H,5,6,7);. The quantitative estimate of drug-likeness (QED) is 0.0304. The molecule has 71 heavy (non-hydrogen) atoms. The molecule has 0 aliphatic carbocycles. The summed E-state index contributed by atoms with van der Waals surface area (Å²) < 4.78 is 191. The Morgan fingerprint density at radius 1 is 0.577 bits per heavy atom. The average Bonchev–Trinajstić information content (AvgIpc) is 3.65. The third-order valence-electron chi connectivity index (χ3n) is 6.75. The van der Waals surface area contributed by atoms with E-state index in [0.29, 0.717) is 5.56 Å². The molecule has 3 rings (SSSR count). The van der Waals surface area contributed by atoms with Gasteiger partial charge in [0.15, 0.2) is 0 Å². The van der Waals surface area contributed by atoms with Gasteiger partial charge in [-0.1, -0.05) is 59.6 Å². The SMILES string of the molecule is COC(=O)C#CC(C)(C)C.COC(=O)c1cc(C(C)(C)C)ccc1O.COC(=O)c1cc(O)ccc1C(C)(C)C.Cc1ccco1.O=S(=O)(O)C(F)(F)F.O=S(=O)(O)C(F)(F)F.O=S(=O)(O)C(F)(F)F.[Y]. The molecule has 405 valence electrons. The van der Waals surface area contributed by atoms with Crippen molar-refractivity contribution in [2.45, 2.75) is 96.6 Å². The maximum absolute atomic E-state index is 11.5. The largest absolute Gasteiger partial charge is 0.522 e. The van der Waals surface area contributed by atoms with Crippen molar-refractivity contribution in [3.8, 4) is 23.3 Å². The Balaban J connectivity index is -0.000000244. The number of phenolic OH excluding ortho intramolecular Hbond substituents is 2. The van der Waals surface area contributed by atoms with E-state index < -0.39 is 64.8 Å². The smallest absolute Gasteiger partial charge is 0.508 e. The fraction of sp³-hybridized carbons (Fsp3) is 0.475. The second-order valence-electron chi connectivity index (χ2n) is 15.9. The number of phenols is 2. The zero-order valence-electron chi connectivity index (χ0n) is 39.9. The number of aromatic hydroxyl groups is 2. The molecule has 18 nitrogen and oxygen atoms in total. The van der Waals surface area contributed by atoms with Crippen molar-refractivity contribution in [2.75, 3.05) is 21.3 Å². The van der Waals surface area contributed by atoms with Crippen LogP contribution in [-0.4, -0.2) is 105 Å². The molecule has 0 atom stereocenters. The number of esters is 3. The minimum atomic E-state index is -5.84. The zero-order chi connectivity index (χ0) is 56.9. The summed E-state index contributed by atoms with van der Waals surface area (Å²) in [6.07, 6.45) is 1.66. The summed E-state index contributed by atoms with van der Waals surface area (Å²) in [6.45, 7) is 19.9. The molecule has 0 spiro atoms. The van der Waals surface area contributed by atoms with Crippen LogP contribution < -0.4 is 0 Å². The van der Waals surface area contributed by atoms with Crippen molar-refractivity contribution in [2.24, 2.45) is 5.41 Å².